The van der Waals surface area contributed by atoms with Crippen LogP contribution in [-0.2, 0) is 0 Å². The van der Waals surface area contributed by atoms with Gasteiger partial charge in [-0.05, 0) is 24.3 Å². The second-order valence-corrected chi connectivity index (χ2v) is 4.01. The van der Waals surface area contributed by atoms with Crippen LogP contribution in [-0.4, -0.2) is 10.2 Å². The zero-order valence-corrected chi connectivity index (χ0v) is 9.88. The number of benzene rings is 2. The molecule has 0 fully saturated rings. The number of hydrogen-bond acceptors (Lipinski definition) is 4. The maximum absolute atomic E-state index is 13.2. The summed E-state index contributed by atoms with van der Waals surface area (Å²) in [7, 11) is 0. The van der Waals surface area contributed by atoms with Gasteiger partial charge in [0.1, 0.15) is 5.82 Å². The van der Waals surface area contributed by atoms with Gasteiger partial charge in [0.15, 0.2) is 11.5 Å². The monoisotopic (exact) mass is 255 g/mol. The summed E-state index contributed by atoms with van der Waals surface area (Å²) in [6.45, 7) is 0. The number of nitrogen functional groups attached to an aromatic ring is 1. The summed E-state index contributed by atoms with van der Waals surface area (Å²) >= 11 is 0. The maximum Gasteiger partial charge on any atom is 0.157 e. The number of nitrogens with two attached hydrogens (primary N) is 1. The van der Waals surface area contributed by atoms with E-state index in [1.54, 1.807) is 0 Å². The highest BCUT2D eigenvalue weighted by atomic mass is 19.1. The Kier molecular flexibility index (Phi) is 2.72. The number of fused-ring (bicyclic) bond motifs is 1. The van der Waals surface area contributed by atoms with E-state index >= 15 is 0 Å². The fraction of sp³-hybridized carbons (Fsp3) is 0. The predicted molar refractivity (Wildman–Crippen MR) is 70.4 cm³/mol. The van der Waals surface area contributed by atoms with Crippen molar-refractivity contribution in [2.45, 2.75) is 0 Å². The summed E-state index contributed by atoms with van der Waals surface area (Å²) in [5.41, 5.74) is 6.82. The largest absolute Gasteiger partial charge is 0.453 e. The van der Waals surface area contributed by atoms with E-state index in [2.05, 4.69) is 10.2 Å². The third-order valence-electron chi connectivity index (χ3n) is 2.71. The molecule has 0 radical (unpaired) electrons. The van der Waals surface area contributed by atoms with Crippen LogP contribution >= 0.6 is 0 Å². The van der Waals surface area contributed by atoms with Crippen molar-refractivity contribution in [2.24, 2.45) is 0 Å². The molecule has 0 spiro atoms. The van der Waals surface area contributed by atoms with E-state index in [1.807, 2.05) is 24.3 Å². The summed E-state index contributed by atoms with van der Waals surface area (Å²) in [4.78, 5) is 0. The zero-order valence-electron chi connectivity index (χ0n) is 9.88. The molecule has 0 atom stereocenters. The van der Waals surface area contributed by atoms with Crippen LogP contribution in [0.5, 0.6) is 11.5 Å². The lowest BCUT2D eigenvalue weighted by Crippen LogP contribution is -1.95. The number of rotatable bonds is 2. The maximum atomic E-state index is 13.2. The van der Waals surface area contributed by atoms with Crippen molar-refractivity contribution in [3.05, 3.63) is 54.5 Å². The fourth-order valence-corrected chi connectivity index (χ4v) is 1.78. The SMILES string of the molecule is Nc1ccc(F)cc1Oc1cnnc2ccccc12. The molecule has 0 saturated carbocycles. The Hall–Kier alpha value is -2.69. The van der Waals surface area contributed by atoms with Crippen molar-refractivity contribution in [1.29, 1.82) is 0 Å². The molecule has 3 aromatic rings. The smallest absolute Gasteiger partial charge is 0.157 e. The highest BCUT2D eigenvalue weighted by molar-refractivity contribution is 5.84. The Morgan fingerprint density at radius 3 is 2.79 bits per heavy atom. The number of halogens is 1. The first-order chi connectivity index (χ1) is 9.24. The van der Waals surface area contributed by atoms with Crippen LogP contribution in [0.25, 0.3) is 10.9 Å². The van der Waals surface area contributed by atoms with Crippen molar-refractivity contribution in [3.63, 3.8) is 0 Å². The summed E-state index contributed by atoms with van der Waals surface area (Å²) in [6, 6.07) is 11.4. The van der Waals surface area contributed by atoms with E-state index in [1.165, 1.54) is 24.4 Å². The van der Waals surface area contributed by atoms with Gasteiger partial charge in [0, 0.05) is 11.5 Å². The normalized spacial score (nSPS) is 10.6. The van der Waals surface area contributed by atoms with Crippen LogP contribution in [0.3, 0.4) is 0 Å². The molecule has 0 amide bonds. The van der Waals surface area contributed by atoms with Crippen LogP contribution < -0.4 is 10.5 Å². The number of aromatic nitrogens is 2. The van der Waals surface area contributed by atoms with Crippen LogP contribution in [0.2, 0.25) is 0 Å². The number of anilines is 1. The van der Waals surface area contributed by atoms with Crippen molar-refractivity contribution >= 4 is 16.6 Å². The van der Waals surface area contributed by atoms with Crippen LogP contribution in [0.15, 0.2) is 48.7 Å². The molecule has 0 bridgehead atoms. The third-order valence-corrected chi connectivity index (χ3v) is 2.71. The minimum Gasteiger partial charge on any atom is -0.453 e. The number of ether oxygens (including phenoxy) is 1. The highest BCUT2D eigenvalue weighted by Gasteiger charge is 2.08. The Bertz CT molecular complexity index is 740. The minimum atomic E-state index is -0.407. The van der Waals surface area contributed by atoms with E-state index in [0.717, 1.165) is 5.39 Å². The molecule has 0 unspecified atom stereocenters. The van der Waals surface area contributed by atoms with E-state index in [0.29, 0.717) is 17.0 Å². The molecule has 94 valence electrons. The van der Waals surface area contributed by atoms with Gasteiger partial charge in [-0.3, -0.25) is 0 Å². The van der Waals surface area contributed by atoms with Gasteiger partial charge >= 0.3 is 0 Å². The van der Waals surface area contributed by atoms with Crippen LogP contribution in [0, 0.1) is 5.82 Å². The Morgan fingerprint density at radius 1 is 1.05 bits per heavy atom. The average Bonchev–Trinajstić information content (AvgIpc) is 2.43. The second-order valence-electron chi connectivity index (χ2n) is 4.01. The molecule has 2 N–H and O–H groups in total. The first-order valence-electron chi connectivity index (χ1n) is 5.67. The molecule has 2 aromatic carbocycles. The van der Waals surface area contributed by atoms with Gasteiger partial charge in [0.2, 0.25) is 0 Å². The first-order valence-corrected chi connectivity index (χ1v) is 5.67. The Morgan fingerprint density at radius 2 is 1.89 bits per heavy atom. The standard InChI is InChI=1S/C14H10FN3O/c15-9-5-6-11(16)13(7-9)19-14-8-17-18-12-4-2-1-3-10(12)14/h1-8H,16H2. The molecule has 1 heterocycles. The van der Waals surface area contributed by atoms with Gasteiger partial charge in [-0.25, -0.2) is 4.39 Å². The van der Waals surface area contributed by atoms with E-state index < -0.39 is 5.82 Å². The molecule has 0 aliphatic heterocycles. The van der Waals surface area contributed by atoms with Crippen molar-refractivity contribution in [2.75, 3.05) is 5.73 Å². The van der Waals surface area contributed by atoms with E-state index in [9.17, 15) is 4.39 Å². The molecular weight excluding hydrogens is 245 g/mol. The van der Waals surface area contributed by atoms with Crippen LogP contribution in [0.4, 0.5) is 10.1 Å². The summed E-state index contributed by atoms with van der Waals surface area (Å²) in [5, 5.41) is 8.63. The third kappa shape index (κ3) is 2.18. The quantitative estimate of drug-likeness (QED) is 0.714. The molecular formula is C14H10FN3O. The summed E-state index contributed by atoms with van der Waals surface area (Å²) in [5.74, 6) is 0.344. The predicted octanol–water partition coefficient (Wildman–Crippen LogP) is 3.14. The van der Waals surface area contributed by atoms with Gasteiger partial charge in [-0.15, -0.1) is 0 Å². The van der Waals surface area contributed by atoms with Crippen molar-refractivity contribution in [1.82, 2.24) is 10.2 Å². The molecule has 0 aliphatic rings. The first kappa shape index (κ1) is 11.4. The zero-order chi connectivity index (χ0) is 13.2. The molecule has 0 saturated heterocycles. The average molecular weight is 255 g/mol. The topological polar surface area (TPSA) is 61.0 Å². The Balaban J connectivity index is 2.08. The van der Waals surface area contributed by atoms with E-state index in [-0.39, 0.29) is 5.75 Å². The fourth-order valence-electron chi connectivity index (χ4n) is 1.78. The van der Waals surface area contributed by atoms with E-state index in [4.69, 9.17) is 10.5 Å². The van der Waals surface area contributed by atoms with Gasteiger partial charge in [-0.2, -0.15) is 10.2 Å². The molecule has 19 heavy (non-hydrogen) atoms. The lowest BCUT2D eigenvalue weighted by Gasteiger charge is -2.09. The lowest BCUT2D eigenvalue weighted by molar-refractivity contribution is 0.481. The lowest BCUT2D eigenvalue weighted by atomic mass is 10.2. The Labute approximate surface area is 108 Å². The van der Waals surface area contributed by atoms with Gasteiger partial charge in [0.05, 0.1) is 17.4 Å². The molecule has 0 aliphatic carbocycles. The van der Waals surface area contributed by atoms with Gasteiger partial charge in [-0.1, -0.05) is 12.1 Å². The highest BCUT2D eigenvalue weighted by Crippen LogP contribution is 2.31. The summed E-state index contributed by atoms with van der Waals surface area (Å²) < 4.78 is 18.8. The van der Waals surface area contributed by atoms with Crippen molar-refractivity contribution < 1.29 is 9.13 Å². The van der Waals surface area contributed by atoms with Crippen molar-refractivity contribution in [3.8, 4) is 11.5 Å². The molecule has 3 rings (SSSR count). The number of hydrogen-bond donors (Lipinski definition) is 1. The minimum absolute atomic E-state index is 0.262. The molecule has 4 nitrogen and oxygen atoms in total. The van der Waals surface area contributed by atoms with Gasteiger partial charge < -0.3 is 10.5 Å². The molecule has 1 aromatic heterocycles. The number of nitrogens with zero attached hydrogens (tertiary/aromatic N) is 2. The van der Waals surface area contributed by atoms with Crippen LogP contribution in [0.1, 0.15) is 0 Å². The van der Waals surface area contributed by atoms with Gasteiger partial charge in [0.25, 0.3) is 0 Å². The summed E-state index contributed by atoms with van der Waals surface area (Å²) in [6.07, 6.45) is 1.48. The molecule has 5 heteroatoms. The second kappa shape index (κ2) is 4.53.